The van der Waals surface area contributed by atoms with E-state index in [0.29, 0.717) is 0 Å². The lowest BCUT2D eigenvalue weighted by molar-refractivity contribution is 0.932. The van der Waals surface area contributed by atoms with Gasteiger partial charge in [0.1, 0.15) is 16.7 Å². The van der Waals surface area contributed by atoms with Crippen molar-refractivity contribution < 1.29 is 0 Å². The van der Waals surface area contributed by atoms with E-state index in [0.717, 1.165) is 28.8 Å². The summed E-state index contributed by atoms with van der Waals surface area (Å²) in [5.74, 6) is 1.74. The van der Waals surface area contributed by atoms with E-state index in [2.05, 4.69) is 60.3 Å². The summed E-state index contributed by atoms with van der Waals surface area (Å²) in [6.45, 7) is 9.04. The van der Waals surface area contributed by atoms with Crippen molar-refractivity contribution in [2.24, 2.45) is 0 Å². The summed E-state index contributed by atoms with van der Waals surface area (Å²) in [7, 11) is 0. The fourth-order valence-electron chi connectivity index (χ4n) is 1.83. The molecule has 0 bridgehead atoms. The molecule has 100 valence electrons. The van der Waals surface area contributed by atoms with Crippen molar-refractivity contribution in [1.82, 2.24) is 9.97 Å². The van der Waals surface area contributed by atoms with Gasteiger partial charge in [0.2, 0.25) is 0 Å². The van der Waals surface area contributed by atoms with Gasteiger partial charge in [0.05, 0.1) is 0 Å². The highest BCUT2D eigenvalue weighted by atomic mass is 32.2. The molecule has 1 aromatic carbocycles. The predicted molar refractivity (Wildman–Crippen MR) is 81.0 cm³/mol. The van der Waals surface area contributed by atoms with Gasteiger partial charge < -0.3 is 5.32 Å². The van der Waals surface area contributed by atoms with Crippen LogP contribution in [-0.4, -0.2) is 16.5 Å². The molecule has 0 aliphatic rings. The molecule has 0 radical (unpaired) electrons. The molecular formula is C15H19N3S. The van der Waals surface area contributed by atoms with E-state index in [4.69, 9.17) is 0 Å². The highest BCUT2D eigenvalue weighted by Crippen LogP contribution is 2.31. The Kier molecular flexibility index (Phi) is 4.43. The van der Waals surface area contributed by atoms with E-state index in [9.17, 15) is 0 Å². The second-order valence-electron chi connectivity index (χ2n) is 4.50. The third kappa shape index (κ3) is 3.47. The maximum absolute atomic E-state index is 4.55. The normalized spacial score (nSPS) is 10.5. The third-order valence-corrected chi connectivity index (χ3v) is 3.84. The van der Waals surface area contributed by atoms with Crippen LogP contribution in [0.3, 0.4) is 0 Å². The fraction of sp³-hybridized carbons (Fsp3) is 0.333. The lowest BCUT2D eigenvalue weighted by Crippen LogP contribution is -2.05. The molecule has 2 aromatic rings. The summed E-state index contributed by atoms with van der Waals surface area (Å²) < 4.78 is 0. The van der Waals surface area contributed by atoms with E-state index in [-0.39, 0.29) is 0 Å². The van der Waals surface area contributed by atoms with Crippen LogP contribution >= 0.6 is 11.8 Å². The molecule has 0 saturated heterocycles. The number of aryl methyl sites for hydroxylation is 2. The van der Waals surface area contributed by atoms with Crippen LogP contribution in [0, 0.1) is 20.8 Å². The first-order valence-corrected chi connectivity index (χ1v) is 7.25. The molecule has 0 aliphatic heterocycles. The molecule has 0 unspecified atom stereocenters. The van der Waals surface area contributed by atoms with Gasteiger partial charge in [-0.05, 0) is 39.8 Å². The topological polar surface area (TPSA) is 37.8 Å². The highest BCUT2D eigenvalue weighted by molar-refractivity contribution is 7.99. The van der Waals surface area contributed by atoms with Crippen LogP contribution in [-0.2, 0) is 0 Å². The molecule has 0 saturated carbocycles. The summed E-state index contributed by atoms with van der Waals surface area (Å²) in [6.07, 6.45) is 0. The first kappa shape index (κ1) is 13.9. The van der Waals surface area contributed by atoms with Gasteiger partial charge in [-0.2, -0.15) is 0 Å². The minimum absolute atomic E-state index is 0.803. The number of nitrogens with one attached hydrogen (secondary N) is 1. The van der Waals surface area contributed by atoms with Gasteiger partial charge in [-0.1, -0.05) is 29.5 Å². The second kappa shape index (κ2) is 6.06. The molecular weight excluding hydrogens is 254 g/mol. The minimum atomic E-state index is 0.803. The zero-order valence-corrected chi connectivity index (χ0v) is 12.6. The summed E-state index contributed by atoms with van der Waals surface area (Å²) in [6, 6.07) is 8.47. The second-order valence-corrected chi connectivity index (χ2v) is 5.56. The van der Waals surface area contributed by atoms with Crippen molar-refractivity contribution in [2.45, 2.75) is 37.6 Å². The summed E-state index contributed by atoms with van der Waals surface area (Å²) in [5, 5.41) is 4.31. The third-order valence-electron chi connectivity index (χ3n) is 2.76. The van der Waals surface area contributed by atoms with Crippen LogP contribution in [0.1, 0.15) is 23.9 Å². The van der Waals surface area contributed by atoms with Gasteiger partial charge in [0, 0.05) is 17.0 Å². The van der Waals surface area contributed by atoms with Crippen molar-refractivity contribution in [3.63, 3.8) is 0 Å². The average Bonchev–Trinajstić information content (AvgIpc) is 2.35. The quantitative estimate of drug-likeness (QED) is 0.855. The van der Waals surface area contributed by atoms with E-state index in [1.54, 1.807) is 11.8 Å². The lowest BCUT2D eigenvalue weighted by atomic mass is 10.2. The molecule has 2 rings (SSSR count). The van der Waals surface area contributed by atoms with Crippen LogP contribution in [0.15, 0.2) is 34.2 Å². The van der Waals surface area contributed by atoms with Crippen molar-refractivity contribution in [3.05, 3.63) is 41.2 Å². The fourth-order valence-corrected chi connectivity index (χ4v) is 2.87. The van der Waals surface area contributed by atoms with Gasteiger partial charge in [0.25, 0.3) is 0 Å². The molecule has 0 aliphatic carbocycles. The molecule has 3 nitrogen and oxygen atoms in total. The molecule has 1 N–H and O–H groups in total. The monoisotopic (exact) mass is 273 g/mol. The largest absolute Gasteiger partial charge is 0.370 e. The van der Waals surface area contributed by atoms with Crippen LogP contribution in [0.25, 0.3) is 0 Å². The molecule has 1 heterocycles. The lowest BCUT2D eigenvalue weighted by Gasteiger charge is -2.11. The van der Waals surface area contributed by atoms with Crippen LogP contribution in [0.2, 0.25) is 0 Å². The zero-order chi connectivity index (χ0) is 13.8. The number of hydrogen-bond donors (Lipinski definition) is 1. The number of nitrogens with zero attached hydrogens (tertiary/aromatic N) is 2. The summed E-state index contributed by atoms with van der Waals surface area (Å²) >= 11 is 1.69. The molecule has 0 fully saturated rings. The Morgan fingerprint density at radius 1 is 1.16 bits per heavy atom. The first-order chi connectivity index (χ1) is 9.10. The van der Waals surface area contributed by atoms with Crippen molar-refractivity contribution in [3.8, 4) is 0 Å². The maximum Gasteiger partial charge on any atom is 0.133 e. The predicted octanol–water partition coefficient (Wildman–Crippen LogP) is 3.98. The Morgan fingerprint density at radius 3 is 2.63 bits per heavy atom. The Hall–Kier alpha value is -1.55. The Labute approximate surface area is 118 Å². The Bertz CT molecular complexity index is 582. The van der Waals surface area contributed by atoms with E-state index < -0.39 is 0 Å². The zero-order valence-electron chi connectivity index (χ0n) is 11.8. The summed E-state index contributed by atoms with van der Waals surface area (Å²) in [5.41, 5.74) is 2.37. The van der Waals surface area contributed by atoms with Gasteiger partial charge in [-0.15, -0.1) is 0 Å². The smallest absolute Gasteiger partial charge is 0.133 e. The van der Waals surface area contributed by atoms with Gasteiger partial charge in [-0.25, -0.2) is 9.97 Å². The maximum atomic E-state index is 4.55. The van der Waals surface area contributed by atoms with Gasteiger partial charge >= 0.3 is 0 Å². The number of hydrogen-bond acceptors (Lipinski definition) is 4. The van der Waals surface area contributed by atoms with Gasteiger partial charge in [0.15, 0.2) is 0 Å². The van der Waals surface area contributed by atoms with E-state index >= 15 is 0 Å². The SMILES string of the molecule is CCNc1nc(C)nc(Sc2cccc(C)c2)c1C. The average molecular weight is 273 g/mol. The van der Waals surface area contributed by atoms with E-state index in [1.165, 1.54) is 10.5 Å². The van der Waals surface area contributed by atoms with Gasteiger partial charge in [-0.3, -0.25) is 0 Å². The Balaban J connectivity index is 2.34. The molecule has 0 spiro atoms. The molecule has 19 heavy (non-hydrogen) atoms. The summed E-state index contributed by atoms with van der Waals surface area (Å²) in [4.78, 5) is 10.2. The number of anilines is 1. The Morgan fingerprint density at radius 2 is 1.95 bits per heavy atom. The highest BCUT2D eigenvalue weighted by Gasteiger charge is 2.10. The van der Waals surface area contributed by atoms with Crippen molar-refractivity contribution in [1.29, 1.82) is 0 Å². The number of rotatable bonds is 4. The first-order valence-electron chi connectivity index (χ1n) is 6.43. The molecule has 1 aromatic heterocycles. The van der Waals surface area contributed by atoms with Crippen LogP contribution in [0.4, 0.5) is 5.82 Å². The van der Waals surface area contributed by atoms with Crippen molar-refractivity contribution in [2.75, 3.05) is 11.9 Å². The van der Waals surface area contributed by atoms with Crippen LogP contribution in [0.5, 0.6) is 0 Å². The molecule has 0 amide bonds. The van der Waals surface area contributed by atoms with Crippen LogP contribution < -0.4 is 5.32 Å². The number of benzene rings is 1. The number of aromatic nitrogens is 2. The van der Waals surface area contributed by atoms with E-state index in [1.807, 2.05) is 6.92 Å². The standard InChI is InChI=1S/C15H19N3S/c1-5-16-14-11(3)15(18-12(4)17-14)19-13-8-6-7-10(2)9-13/h6-9H,5H2,1-4H3,(H,16,17,18). The minimum Gasteiger partial charge on any atom is -0.370 e. The van der Waals surface area contributed by atoms with Crippen molar-refractivity contribution >= 4 is 17.6 Å². The molecule has 4 heteroatoms. The molecule has 0 atom stereocenters.